The monoisotopic (exact) mass is 1330 g/mol. The summed E-state index contributed by atoms with van der Waals surface area (Å²) in [4.78, 5) is 3.31. The van der Waals surface area contributed by atoms with Gasteiger partial charge in [0, 0.05) is 22.7 Å². The molecule has 0 fully saturated rings. The van der Waals surface area contributed by atoms with E-state index in [2.05, 4.69) is 162 Å². The number of nitrogens with zero attached hydrogens (tertiary/aromatic N) is 2. The summed E-state index contributed by atoms with van der Waals surface area (Å²) < 4.78 is 80.0. The predicted octanol–water partition coefficient (Wildman–Crippen LogP) is 25.7. The Kier molecular flexibility index (Phi) is 16.3. The highest BCUT2D eigenvalue weighted by molar-refractivity contribution is 5.93. The topological polar surface area (TPSA) is 24.9 Å². The van der Waals surface area contributed by atoms with E-state index in [1.54, 1.807) is 22.0 Å². The first-order valence-corrected chi connectivity index (χ1v) is 34.1. The third kappa shape index (κ3) is 10.9. The lowest BCUT2D eigenvalue weighted by molar-refractivity contribution is 0.482. The minimum atomic E-state index is -0.897. The number of hydrogen-bond acceptors (Lipinski definition) is 4. The Bertz CT molecular complexity index is 5210. The van der Waals surface area contributed by atoms with Gasteiger partial charge < -0.3 is 19.3 Å². The molecule has 2 aliphatic rings. The number of ether oxygens (including phenoxy) is 2. The molecular formula is C94H68F4N2O2. The second-order valence-corrected chi connectivity index (χ2v) is 26.4. The van der Waals surface area contributed by atoms with E-state index in [0.717, 1.165) is 111 Å². The van der Waals surface area contributed by atoms with Crippen LogP contribution in [0.4, 0.5) is 51.7 Å². The molecule has 0 spiro atoms. The molecule has 102 heavy (non-hydrogen) atoms. The fraction of sp³-hybridized carbons (Fsp3) is 0.0638. The molecule has 0 N–H and O–H groups in total. The molecule has 2 atom stereocenters. The molecule has 0 radical (unpaired) electrons. The van der Waals surface area contributed by atoms with Gasteiger partial charge in [-0.15, -0.1) is 0 Å². The molecule has 4 nitrogen and oxygen atoms in total. The van der Waals surface area contributed by atoms with Gasteiger partial charge in [-0.3, -0.25) is 0 Å². The van der Waals surface area contributed by atoms with Crippen molar-refractivity contribution in [3.8, 4) is 56.4 Å². The van der Waals surface area contributed by atoms with Crippen molar-refractivity contribution in [1.82, 2.24) is 0 Å². The summed E-state index contributed by atoms with van der Waals surface area (Å²) in [7, 11) is 0. The molecule has 2 aliphatic carbocycles. The Morgan fingerprint density at radius 1 is 0.294 bits per heavy atom. The number of fused-ring (bicyclic) bond motifs is 6. The van der Waals surface area contributed by atoms with Gasteiger partial charge in [0.15, 0.2) is 0 Å². The van der Waals surface area contributed by atoms with Crippen LogP contribution in [0.1, 0.15) is 77.9 Å². The van der Waals surface area contributed by atoms with Gasteiger partial charge in [0.1, 0.15) is 57.6 Å². The van der Waals surface area contributed by atoms with Crippen molar-refractivity contribution in [3.05, 3.63) is 418 Å². The fourth-order valence-corrected chi connectivity index (χ4v) is 15.6. The summed E-state index contributed by atoms with van der Waals surface area (Å²) in [6.07, 6.45) is 3.59. The fourth-order valence-electron chi connectivity index (χ4n) is 15.6. The number of para-hydroxylation sites is 2. The highest BCUT2D eigenvalue weighted by atomic mass is 19.1. The van der Waals surface area contributed by atoms with Crippen molar-refractivity contribution in [1.29, 1.82) is 0 Å². The van der Waals surface area contributed by atoms with Crippen LogP contribution in [-0.2, 0) is 10.8 Å². The summed E-state index contributed by atoms with van der Waals surface area (Å²) in [6, 6.07) is 97.3. The number of benzene rings is 14. The van der Waals surface area contributed by atoms with Crippen molar-refractivity contribution < 1.29 is 27.0 Å². The van der Waals surface area contributed by atoms with Crippen LogP contribution < -0.4 is 19.3 Å². The standard InChI is InChI=1S/C94H68F4N2O2/c1-7-63-27-45-73(46-28-63)101-75-49-35-67(36-50-75)93(83-55-59(3)23-25-61(83)5)81-17-11-9-15-77(81)79-53-43-71(57-85(79)93)99(91-87(95)19-13-20-88(91)96)69-39-31-65(32-40-69)66-33-41-70(42-34-66)100(92-89(97)21-14-22-90(92)98)72-44-54-80-78-16-10-12-18-82(78)94(86(80)58-72,84-56-60(4)24-26-62(84)6)68-37-51-76(52-38-68)102-74-47-29-64(8-2)30-48-74/h7-58H,1-2H2,3-6H3. The lowest BCUT2D eigenvalue weighted by atomic mass is 9.66. The normalized spacial score (nSPS) is 14.6. The van der Waals surface area contributed by atoms with Gasteiger partial charge in [0.05, 0.1) is 10.8 Å². The molecule has 494 valence electrons. The first-order chi connectivity index (χ1) is 49.7. The molecule has 0 saturated heterocycles. The molecule has 0 saturated carbocycles. The van der Waals surface area contributed by atoms with Crippen molar-refractivity contribution in [3.63, 3.8) is 0 Å². The zero-order valence-electron chi connectivity index (χ0n) is 56.7. The van der Waals surface area contributed by atoms with Crippen LogP contribution in [0.15, 0.2) is 316 Å². The van der Waals surface area contributed by atoms with Gasteiger partial charge in [0.25, 0.3) is 0 Å². The van der Waals surface area contributed by atoms with E-state index in [1.165, 1.54) is 36.4 Å². The number of halogens is 4. The third-order valence-corrected chi connectivity index (χ3v) is 20.4. The molecule has 0 amide bonds. The van der Waals surface area contributed by atoms with Crippen molar-refractivity contribution in [2.75, 3.05) is 9.80 Å². The maximum Gasteiger partial charge on any atom is 0.150 e. The first-order valence-electron chi connectivity index (χ1n) is 34.1. The minimum absolute atomic E-state index is 0.235. The molecular weight excluding hydrogens is 1270 g/mol. The van der Waals surface area contributed by atoms with Gasteiger partial charge in [-0.2, -0.15) is 0 Å². The predicted molar refractivity (Wildman–Crippen MR) is 408 cm³/mol. The van der Waals surface area contributed by atoms with E-state index in [9.17, 15) is 0 Å². The summed E-state index contributed by atoms with van der Waals surface area (Å²) in [5, 5.41) is 0. The molecule has 0 bridgehead atoms. The molecule has 0 aliphatic heterocycles. The second-order valence-electron chi connectivity index (χ2n) is 26.4. The van der Waals surface area contributed by atoms with Gasteiger partial charge in [0.2, 0.25) is 0 Å². The average molecular weight is 1330 g/mol. The smallest absolute Gasteiger partial charge is 0.150 e. The van der Waals surface area contributed by atoms with E-state index in [0.29, 0.717) is 45.7 Å². The van der Waals surface area contributed by atoms with E-state index in [1.807, 2.05) is 146 Å². The molecule has 8 heteroatoms. The molecule has 16 rings (SSSR count). The van der Waals surface area contributed by atoms with Gasteiger partial charge in [-0.05, 0) is 249 Å². The number of rotatable bonds is 17. The highest BCUT2D eigenvalue weighted by Gasteiger charge is 2.49. The lowest BCUT2D eigenvalue weighted by Crippen LogP contribution is -2.30. The van der Waals surface area contributed by atoms with Crippen molar-refractivity contribution >= 4 is 46.3 Å². The third-order valence-electron chi connectivity index (χ3n) is 20.4. The quantitative estimate of drug-likeness (QED) is 0.0849. The van der Waals surface area contributed by atoms with Crippen LogP contribution in [0.2, 0.25) is 0 Å². The first kappa shape index (κ1) is 64.2. The van der Waals surface area contributed by atoms with Gasteiger partial charge in [-0.1, -0.05) is 218 Å². The van der Waals surface area contributed by atoms with Crippen LogP contribution in [0.5, 0.6) is 23.0 Å². The Labute approximate surface area is 592 Å². The zero-order chi connectivity index (χ0) is 70.0. The maximum absolute atomic E-state index is 16.8. The van der Waals surface area contributed by atoms with Crippen molar-refractivity contribution in [2.24, 2.45) is 0 Å². The van der Waals surface area contributed by atoms with Crippen LogP contribution in [-0.4, -0.2) is 0 Å². The Balaban J connectivity index is 0.790. The van der Waals surface area contributed by atoms with Gasteiger partial charge >= 0.3 is 0 Å². The van der Waals surface area contributed by atoms with Crippen LogP contribution in [0, 0.1) is 51.0 Å². The molecule has 0 aromatic heterocycles. The Morgan fingerprint density at radius 3 is 0.971 bits per heavy atom. The lowest BCUT2D eigenvalue weighted by Gasteiger charge is -2.36. The van der Waals surface area contributed by atoms with E-state index in [4.69, 9.17) is 9.47 Å². The summed E-state index contributed by atoms with van der Waals surface area (Å²) in [5.41, 5.74) is 19.9. The average Bonchev–Trinajstić information content (AvgIpc) is 1.53. The van der Waals surface area contributed by atoms with E-state index < -0.39 is 34.1 Å². The summed E-state index contributed by atoms with van der Waals surface area (Å²) >= 11 is 0. The molecule has 0 heterocycles. The zero-order valence-corrected chi connectivity index (χ0v) is 56.7. The number of aryl methyl sites for hydroxylation is 4. The second kappa shape index (κ2) is 26.0. The van der Waals surface area contributed by atoms with E-state index in [-0.39, 0.29) is 11.4 Å². The minimum Gasteiger partial charge on any atom is -0.457 e. The molecule has 14 aromatic rings. The summed E-state index contributed by atoms with van der Waals surface area (Å²) in [5.74, 6) is -0.226. The number of hydrogen-bond donors (Lipinski definition) is 0. The van der Waals surface area contributed by atoms with Crippen LogP contribution >= 0.6 is 0 Å². The molecule has 14 aromatic carbocycles. The SMILES string of the molecule is C=Cc1ccc(Oc2ccc(C3(c4cc(C)ccc4C)c4ccccc4-c4ccc(N(c5ccc(-c6ccc(N(c7ccc8c(c7)C(c7ccc(Oc9ccc(C=C)cc9)cc7)(c7cc(C)ccc7C)c7ccccc7-8)c7c(F)cccc7F)cc6)cc5)c5c(F)cccc5F)cc43)cc2)cc1. The van der Waals surface area contributed by atoms with Gasteiger partial charge in [-0.25, -0.2) is 17.6 Å². The van der Waals surface area contributed by atoms with Crippen LogP contribution in [0.3, 0.4) is 0 Å². The highest BCUT2D eigenvalue weighted by Crippen LogP contribution is 2.61. The van der Waals surface area contributed by atoms with E-state index >= 15 is 17.6 Å². The number of anilines is 6. The van der Waals surface area contributed by atoms with Crippen LogP contribution in [0.25, 0.3) is 45.5 Å². The largest absolute Gasteiger partial charge is 0.457 e. The Morgan fingerprint density at radius 2 is 0.618 bits per heavy atom. The molecule has 2 unspecified atom stereocenters. The Hall–Kier alpha value is -12.5. The maximum atomic E-state index is 16.8. The van der Waals surface area contributed by atoms with Crippen molar-refractivity contribution in [2.45, 2.75) is 38.5 Å². The summed E-state index contributed by atoms with van der Waals surface area (Å²) in [6.45, 7) is 16.3.